The Bertz CT molecular complexity index is 1190. The maximum Gasteiger partial charge on any atom is 0.263 e. The van der Waals surface area contributed by atoms with Crippen LogP contribution < -0.4 is 5.43 Å². The first-order chi connectivity index (χ1) is 11.7. The molecule has 0 aliphatic carbocycles. The van der Waals surface area contributed by atoms with Gasteiger partial charge in [0.2, 0.25) is 0 Å². The van der Waals surface area contributed by atoms with Gasteiger partial charge in [-0.1, -0.05) is 48.5 Å². The van der Waals surface area contributed by atoms with Crippen molar-refractivity contribution in [3.05, 3.63) is 82.5 Å². The van der Waals surface area contributed by atoms with Gasteiger partial charge in [-0.25, -0.2) is 0 Å². The molecule has 0 bridgehead atoms. The molecule has 114 valence electrons. The van der Waals surface area contributed by atoms with Crippen LogP contribution in [0.15, 0.2) is 71.5 Å². The van der Waals surface area contributed by atoms with Crippen LogP contribution in [-0.4, -0.2) is 10.5 Å². The molecule has 1 aliphatic rings. The highest BCUT2D eigenvalue weighted by Gasteiger charge is 2.28. The highest BCUT2D eigenvalue weighted by Crippen LogP contribution is 2.38. The van der Waals surface area contributed by atoms with Gasteiger partial charge in [0.25, 0.3) is 5.91 Å². The van der Waals surface area contributed by atoms with Crippen LogP contribution in [0.5, 0.6) is 0 Å². The molecule has 3 nitrogen and oxygen atoms in total. The van der Waals surface area contributed by atoms with E-state index in [-0.39, 0.29) is 11.3 Å². The third-order valence-electron chi connectivity index (χ3n) is 4.38. The number of carbonyl (C=O) groups is 1. The fraction of sp³-hybridized carbons (Fsp3) is 0. The van der Waals surface area contributed by atoms with E-state index in [9.17, 15) is 9.59 Å². The van der Waals surface area contributed by atoms with Gasteiger partial charge in [-0.05, 0) is 17.7 Å². The van der Waals surface area contributed by atoms with Gasteiger partial charge in [-0.3, -0.25) is 14.2 Å². The lowest BCUT2D eigenvalue weighted by molar-refractivity contribution is 0.0973. The molecule has 4 aromatic rings. The molecule has 0 saturated heterocycles. The first-order valence-corrected chi connectivity index (χ1v) is 8.45. The number of rotatable bonds is 1. The van der Waals surface area contributed by atoms with Crippen LogP contribution in [-0.2, 0) is 0 Å². The van der Waals surface area contributed by atoms with Gasteiger partial charge in [0.05, 0.1) is 15.9 Å². The highest BCUT2D eigenvalue weighted by molar-refractivity contribution is 7.22. The van der Waals surface area contributed by atoms with E-state index in [0.29, 0.717) is 21.5 Å². The summed E-state index contributed by atoms with van der Waals surface area (Å²) in [5.74, 6) is -0.0667. The van der Waals surface area contributed by atoms with Crippen LogP contribution in [0.25, 0.3) is 31.9 Å². The van der Waals surface area contributed by atoms with Crippen LogP contribution in [0.3, 0.4) is 0 Å². The van der Waals surface area contributed by atoms with Crippen molar-refractivity contribution in [2.75, 3.05) is 0 Å². The number of nitrogens with zero attached hydrogens (tertiary/aromatic N) is 1. The molecule has 5 rings (SSSR count). The Balaban J connectivity index is 1.86. The van der Waals surface area contributed by atoms with E-state index in [1.165, 1.54) is 11.3 Å². The van der Waals surface area contributed by atoms with Gasteiger partial charge in [-0.2, -0.15) is 0 Å². The number of carbonyl (C=O) groups excluding carboxylic acids is 1. The number of benzene rings is 2. The molecule has 0 fully saturated rings. The lowest BCUT2D eigenvalue weighted by Gasteiger charge is -2.03. The zero-order chi connectivity index (χ0) is 16.3. The molecule has 0 amide bonds. The predicted molar refractivity (Wildman–Crippen MR) is 96.7 cm³/mol. The van der Waals surface area contributed by atoms with Crippen molar-refractivity contribution in [3.63, 3.8) is 0 Å². The Labute approximate surface area is 141 Å². The lowest BCUT2D eigenvalue weighted by Crippen LogP contribution is -2.11. The molecule has 2 aromatic carbocycles. The summed E-state index contributed by atoms with van der Waals surface area (Å²) in [6.07, 6.45) is 0. The van der Waals surface area contributed by atoms with Crippen molar-refractivity contribution < 1.29 is 4.79 Å². The Morgan fingerprint density at radius 3 is 2.29 bits per heavy atom. The minimum Gasteiger partial charge on any atom is -0.288 e. The fourth-order valence-corrected chi connectivity index (χ4v) is 4.34. The van der Waals surface area contributed by atoms with Gasteiger partial charge in [0, 0.05) is 22.1 Å². The summed E-state index contributed by atoms with van der Waals surface area (Å²) in [7, 11) is 0. The van der Waals surface area contributed by atoms with Crippen molar-refractivity contribution in [3.8, 4) is 21.7 Å². The van der Waals surface area contributed by atoms with Crippen LogP contribution in [0.2, 0.25) is 0 Å². The van der Waals surface area contributed by atoms with E-state index in [4.69, 9.17) is 0 Å². The summed E-state index contributed by atoms with van der Waals surface area (Å²) < 4.78 is 2.29. The van der Waals surface area contributed by atoms with Gasteiger partial charge in [0.1, 0.15) is 0 Å². The number of pyridine rings is 1. The Kier molecular flexibility index (Phi) is 2.67. The van der Waals surface area contributed by atoms with E-state index in [0.717, 1.165) is 16.0 Å². The molecule has 2 aromatic heterocycles. The number of fused-ring (bicyclic) bond motifs is 5. The van der Waals surface area contributed by atoms with E-state index in [2.05, 4.69) is 0 Å². The van der Waals surface area contributed by atoms with E-state index >= 15 is 0 Å². The van der Waals surface area contributed by atoms with Crippen molar-refractivity contribution in [2.45, 2.75) is 0 Å². The third kappa shape index (κ3) is 1.71. The molecule has 1 aliphatic heterocycles. The van der Waals surface area contributed by atoms with E-state index < -0.39 is 0 Å². The topological polar surface area (TPSA) is 39.1 Å². The van der Waals surface area contributed by atoms with E-state index in [1.54, 1.807) is 10.6 Å². The van der Waals surface area contributed by atoms with E-state index in [1.807, 2.05) is 60.7 Å². The summed E-state index contributed by atoms with van der Waals surface area (Å²) in [5.41, 5.74) is 3.88. The van der Waals surface area contributed by atoms with Gasteiger partial charge in [-0.15, -0.1) is 11.3 Å². The summed E-state index contributed by atoms with van der Waals surface area (Å²) in [4.78, 5) is 26.4. The van der Waals surface area contributed by atoms with Crippen LogP contribution >= 0.6 is 11.3 Å². The first kappa shape index (κ1) is 13.5. The monoisotopic (exact) mass is 329 g/mol. The molecule has 3 heterocycles. The predicted octanol–water partition coefficient (Wildman–Crippen LogP) is 4.40. The second-order valence-electron chi connectivity index (χ2n) is 5.77. The Hall–Kier alpha value is -2.98. The minimum atomic E-state index is -0.0667. The number of hydrogen-bond donors (Lipinski definition) is 0. The zero-order valence-electron chi connectivity index (χ0n) is 12.5. The second-order valence-corrected chi connectivity index (χ2v) is 6.82. The number of hydrogen-bond acceptors (Lipinski definition) is 3. The van der Waals surface area contributed by atoms with Crippen molar-refractivity contribution in [1.29, 1.82) is 0 Å². The smallest absolute Gasteiger partial charge is 0.263 e. The minimum absolute atomic E-state index is 0.0343. The lowest BCUT2D eigenvalue weighted by atomic mass is 10.1. The fourth-order valence-electron chi connectivity index (χ4n) is 3.28. The molecular formula is C20H11NO2S. The Morgan fingerprint density at radius 2 is 1.50 bits per heavy atom. The van der Waals surface area contributed by atoms with Crippen LogP contribution in [0, 0.1) is 0 Å². The normalized spacial score (nSPS) is 12.4. The standard InChI is InChI=1S/C20H11NO2S/c22-17-10-15-13-8-4-5-9-14(13)20(23)21(15)16-11-18(24-19(16)17)12-6-2-1-3-7-12/h1-11H. The van der Waals surface area contributed by atoms with Crippen molar-refractivity contribution >= 4 is 27.5 Å². The third-order valence-corrected chi connectivity index (χ3v) is 5.57. The van der Waals surface area contributed by atoms with Crippen LogP contribution in [0.4, 0.5) is 0 Å². The number of thiophene rings is 1. The molecule has 0 radical (unpaired) electrons. The zero-order valence-corrected chi connectivity index (χ0v) is 13.3. The highest BCUT2D eigenvalue weighted by atomic mass is 32.1. The number of aromatic nitrogens is 1. The second kappa shape index (κ2) is 4.76. The molecule has 4 heteroatoms. The molecule has 24 heavy (non-hydrogen) atoms. The van der Waals surface area contributed by atoms with Gasteiger partial charge in [0.15, 0.2) is 5.43 Å². The quantitative estimate of drug-likeness (QED) is 0.457. The summed E-state index contributed by atoms with van der Waals surface area (Å²) >= 11 is 1.44. The molecule has 0 atom stereocenters. The summed E-state index contributed by atoms with van der Waals surface area (Å²) in [5, 5.41) is 0. The summed E-state index contributed by atoms with van der Waals surface area (Å²) in [6, 6.07) is 20.9. The first-order valence-electron chi connectivity index (χ1n) is 7.63. The molecule has 0 saturated carbocycles. The Morgan fingerprint density at radius 1 is 0.792 bits per heavy atom. The summed E-state index contributed by atoms with van der Waals surface area (Å²) in [6.45, 7) is 0. The average Bonchev–Trinajstić information content (AvgIpc) is 3.18. The van der Waals surface area contributed by atoms with Crippen molar-refractivity contribution in [1.82, 2.24) is 4.57 Å². The maximum atomic E-state index is 12.8. The molecular weight excluding hydrogens is 318 g/mol. The van der Waals surface area contributed by atoms with Crippen molar-refractivity contribution in [2.24, 2.45) is 0 Å². The average molecular weight is 329 g/mol. The SMILES string of the molecule is O=C1c2ccccc2-c2cc(=O)c3sc(-c4ccccc4)cc3n21. The van der Waals surface area contributed by atoms with Crippen LogP contribution in [0.1, 0.15) is 10.4 Å². The maximum absolute atomic E-state index is 12.8. The van der Waals surface area contributed by atoms with Gasteiger partial charge < -0.3 is 0 Å². The molecule has 0 spiro atoms. The van der Waals surface area contributed by atoms with Gasteiger partial charge >= 0.3 is 0 Å². The largest absolute Gasteiger partial charge is 0.288 e. The molecule has 0 N–H and O–H groups in total. The molecule has 0 unspecified atom stereocenters.